The molecule has 0 radical (unpaired) electrons. The number of benzene rings is 2. The van der Waals surface area contributed by atoms with Gasteiger partial charge in [0, 0.05) is 16.1 Å². The van der Waals surface area contributed by atoms with Gasteiger partial charge in [-0.05, 0) is 24.3 Å². The van der Waals surface area contributed by atoms with E-state index >= 15 is 0 Å². The Morgan fingerprint density at radius 2 is 1.62 bits per heavy atom. The fraction of sp³-hybridized carbons (Fsp3) is 0. The third-order valence-electron chi connectivity index (χ3n) is 2.16. The van der Waals surface area contributed by atoms with Crippen molar-refractivity contribution < 1.29 is 4.39 Å². The molecule has 82 valence electrons. The standard InChI is InChI=1S/C12H6Cl3F/c13-7-4-5-8(10(15)6-7)12-9(14)2-1-3-11(12)16/h1-6H. The van der Waals surface area contributed by atoms with Crippen molar-refractivity contribution in [2.45, 2.75) is 0 Å². The van der Waals surface area contributed by atoms with Gasteiger partial charge in [-0.25, -0.2) is 4.39 Å². The lowest BCUT2D eigenvalue weighted by Crippen LogP contribution is -1.86. The van der Waals surface area contributed by atoms with E-state index in [1.54, 1.807) is 30.3 Å². The summed E-state index contributed by atoms with van der Waals surface area (Å²) in [6.45, 7) is 0. The molecule has 0 bridgehead atoms. The molecule has 4 heteroatoms. The van der Waals surface area contributed by atoms with Crippen LogP contribution in [0.3, 0.4) is 0 Å². The number of hydrogen-bond donors (Lipinski definition) is 0. The van der Waals surface area contributed by atoms with Crippen LogP contribution >= 0.6 is 34.8 Å². The Morgan fingerprint density at radius 3 is 2.25 bits per heavy atom. The third kappa shape index (κ3) is 2.17. The lowest BCUT2D eigenvalue weighted by atomic mass is 10.1. The fourth-order valence-corrected chi connectivity index (χ4v) is 2.22. The molecule has 0 heterocycles. The van der Waals surface area contributed by atoms with E-state index in [2.05, 4.69) is 0 Å². The van der Waals surface area contributed by atoms with E-state index in [1.165, 1.54) is 6.07 Å². The Morgan fingerprint density at radius 1 is 0.875 bits per heavy atom. The minimum atomic E-state index is -0.406. The molecule has 0 amide bonds. The zero-order valence-corrected chi connectivity index (χ0v) is 10.2. The van der Waals surface area contributed by atoms with Crippen LogP contribution in [-0.2, 0) is 0 Å². The van der Waals surface area contributed by atoms with Crippen LogP contribution in [0.5, 0.6) is 0 Å². The monoisotopic (exact) mass is 274 g/mol. The molecule has 0 unspecified atom stereocenters. The largest absolute Gasteiger partial charge is 0.206 e. The number of halogens is 4. The maximum Gasteiger partial charge on any atom is 0.132 e. The van der Waals surface area contributed by atoms with Crippen LogP contribution in [0.1, 0.15) is 0 Å². The maximum absolute atomic E-state index is 13.6. The summed E-state index contributed by atoms with van der Waals surface area (Å²) in [5.74, 6) is -0.406. The van der Waals surface area contributed by atoms with Gasteiger partial charge in [-0.15, -0.1) is 0 Å². The molecule has 0 fully saturated rings. The van der Waals surface area contributed by atoms with Crippen LogP contribution < -0.4 is 0 Å². The van der Waals surface area contributed by atoms with E-state index in [-0.39, 0.29) is 0 Å². The van der Waals surface area contributed by atoms with Gasteiger partial charge in [0.1, 0.15) is 5.82 Å². The molecule has 2 aromatic rings. The molecule has 0 N–H and O–H groups in total. The molecule has 0 aliphatic heterocycles. The highest BCUT2D eigenvalue weighted by Crippen LogP contribution is 2.36. The van der Waals surface area contributed by atoms with Crippen molar-refractivity contribution in [2.24, 2.45) is 0 Å². The summed E-state index contributed by atoms with van der Waals surface area (Å²) in [6, 6.07) is 9.35. The molecule has 0 aromatic heterocycles. The van der Waals surface area contributed by atoms with Crippen LogP contribution in [0.15, 0.2) is 36.4 Å². The van der Waals surface area contributed by atoms with Crippen LogP contribution in [-0.4, -0.2) is 0 Å². The second-order valence-corrected chi connectivity index (χ2v) is 4.47. The summed E-state index contributed by atoms with van der Waals surface area (Å²) in [7, 11) is 0. The quantitative estimate of drug-likeness (QED) is 0.649. The predicted octanol–water partition coefficient (Wildman–Crippen LogP) is 5.45. The maximum atomic E-state index is 13.6. The molecular weight excluding hydrogens is 269 g/mol. The molecule has 0 spiro atoms. The van der Waals surface area contributed by atoms with Crippen LogP contribution in [0, 0.1) is 5.82 Å². The smallest absolute Gasteiger partial charge is 0.132 e. The molecule has 0 nitrogen and oxygen atoms in total. The molecule has 16 heavy (non-hydrogen) atoms. The SMILES string of the molecule is Fc1cccc(Cl)c1-c1ccc(Cl)cc1Cl. The lowest BCUT2D eigenvalue weighted by Gasteiger charge is -2.08. The Kier molecular flexibility index (Phi) is 3.38. The van der Waals surface area contributed by atoms with Crippen molar-refractivity contribution in [3.63, 3.8) is 0 Å². The highest BCUT2D eigenvalue weighted by atomic mass is 35.5. The Balaban J connectivity index is 2.68. The van der Waals surface area contributed by atoms with Crippen molar-refractivity contribution in [1.82, 2.24) is 0 Å². The molecule has 0 aliphatic rings. The molecule has 0 aliphatic carbocycles. The molecule has 0 saturated carbocycles. The first-order valence-electron chi connectivity index (χ1n) is 4.49. The first-order chi connectivity index (χ1) is 7.59. The second kappa shape index (κ2) is 4.62. The lowest BCUT2D eigenvalue weighted by molar-refractivity contribution is 0.631. The molecule has 2 aromatic carbocycles. The Labute approximate surface area is 108 Å². The summed E-state index contributed by atoms with van der Waals surface area (Å²) in [5.41, 5.74) is 0.833. The van der Waals surface area contributed by atoms with Gasteiger partial charge in [-0.1, -0.05) is 46.9 Å². The zero-order valence-electron chi connectivity index (χ0n) is 7.98. The second-order valence-electron chi connectivity index (χ2n) is 3.22. The van der Waals surface area contributed by atoms with Gasteiger partial charge in [0.25, 0.3) is 0 Å². The van der Waals surface area contributed by atoms with Crippen molar-refractivity contribution in [3.8, 4) is 11.1 Å². The van der Waals surface area contributed by atoms with Gasteiger partial charge in [-0.2, -0.15) is 0 Å². The van der Waals surface area contributed by atoms with Crippen LogP contribution in [0.2, 0.25) is 15.1 Å². The van der Waals surface area contributed by atoms with E-state index in [0.29, 0.717) is 26.2 Å². The first kappa shape index (κ1) is 11.7. The van der Waals surface area contributed by atoms with E-state index < -0.39 is 5.82 Å². The van der Waals surface area contributed by atoms with Gasteiger partial charge in [0.2, 0.25) is 0 Å². The van der Waals surface area contributed by atoms with E-state index in [0.717, 1.165) is 0 Å². The highest BCUT2D eigenvalue weighted by molar-refractivity contribution is 6.38. The summed E-state index contributed by atoms with van der Waals surface area (Å²) in [5, 5.41) is 1.20. The summed E-state index contributed by atoms with van der Waals surface area (Å²) < 4.78 is 13.6. The minimum absolute atomic E-state index is 0.297. The third-order valence-corrected chi connectivity index (χ3v) is 3.03. The fourth-order valence-electron chi connectivity index (χ4n) is 1.45. The van der Waals surface area contributed by atoms with E-state index in [1.807, 2.05) is 0 Å². The average Bonchev–Trinajstić information content (AvgIpc) is 2.20. The molecule has 0 saturated heterocycles. The van der Waals surface area contributed by atoms with Crippen molar-refractivity contribution in [2.75, 3.05) is 0 Å². The van der Waals surface area contributed by atoms with Crippen LogP contribution in [0.4, 0.5) is 4.39 Å². The van der Waals surface area contributed by atoms with Gasteiger partial charge < -0.3 is 0 Å². The predicted molar refractivity (Wildman–Crippen MR) is 66.9 cm³/mol. The zero-order chi connectivity index (χ0) is 11.7. The number of hydrogen-bond acceptors (Lipinski definition) is 0. The Bertz CT molecular complexity index is 518. The van der Waals surface area contributed by atoms with Gasteiger partial charge in [0.15, 0.2) is 0 Å². The number of rotatable bonds is 1. The topological polar surface area (TPSA) is 0 Å². The average molecular weight is 276 g/mol. The van der Waals surface area contributed by atoms with Crippen molar-refractivity contribution in [1.29, 1.82) is 0 Å². The molecule has 0 atom stereocenters. The highest BCUT2D eigenvalue weighted by Gasteiger charge is 2.12. The van der Waals surface area contributed by atoms with Gasteiger partial charge >= 0.3 is 0 Å². The van der Waals surface area contributed by atoms with Crippen molar-refractivity contribution in [3.05, 3.63) is 57.3 Å². The first-order valence-corrected chi connectivity index (χ1v) is 5.62. The summed E-state index contributed by atoms with van der Waals surface area (Å²) in [4.78, 5) is 0. The van der Waals surface area contributed by atoms with Gasteiger partial charge in [-0.3, -0.25) is 0 Å². The van der Waals surface area contributed by atoms with E-state index in [4.69, 9.17) is 34.8 Å². The normalized spacial score (nSPS) is 10.5. The summed E-state index contributed by atoms with van der Waals surface area (Å²) >= 11 is 17.7. The van der Waals surface area contributed by atoms with Crippen molar-refractivity contribution >= 4 is 34.8 Å². The Hall–Kier alpha value is -0.760. The van der Waals surface area contributed by atoms with Crippen LogP contribution in [0.25, 0.3) is 11.1 Å². The minimum Gasteiger partial charge on any atom is -0.206 e. The molecule has 2 rings (SSSR count). The van der Waals surface area contributed by atoms with Gasteiger partial charge in [0.05, 0.1) is 10.0 Å². The summed E-state index contributed by atoms with van der Waals surface area (Å²) in [6.07, 6.45) is 0. The molecular formula is C12H6Cl3F. The van der Waals surface area contributed by atoms with E-state index in [9.17, 15) is 4.39 Å².